The number of benzene rings is 1. The van der Waals surface area contributed by atoms with Crippen LogP contribution in [0.15, 0.2) is 35.5 Å². The molecule has 2 unspecified atom stereocenters. The number of rotatable bonds is 11. The number of carboxylic acid groups (broad SMARTS) is 1. The molecule has 1 aromatic heterocycles. The van der Waals surface area contributed by atoms with Gasteiger partial charge in [0.1, 0.15) is 35.9 Å². The lowest BCUT2D eigenvalue weighted by Gasteiger charge is -2.25. The van der Waals surface area contributed by atoms with Crippen molar-refractivity contribution in [3.8, 4) is 0 Å². The Hall–Kier alpha value is -3.34. The molecule has 200 valence electrons. The highest BCUT2D eigenvalue weighted by Crippen LogP contribution is 2.21. The predicted octanol–water partition coefficient (Wildman–Crippen LogP) is 2.28. The number of ether oxygens (including phenoxy) is 1. The van der Waals surface area contributed by atoms with Crippen LogP contribution in [-0.4, -0.2) is 62.7 Å². The zero-order valence-corrected chi connectivity index (χ0v) is 22.5. The van der Waals surface area contributed by atoms with Crippen LogP contribution in [0, 0.1) is 13.8 Å². The lowest BCUT2D eigenvalue weighted by molar-refractivity contribution is -0.715. The smallest absolute Gasteiger partial charge is 0.410 e. The minimum absolute atomic E-state index is 0.0177. The van der Waals surface area contributed by atoms with E-state index < -0.39 is 30.1 Å². The molecule has 0 saturated carbocycles. The maximum Gasteiger partial charge on any atom is 0.410 e. The van der Waals surface area contributed by atoms with Crippen molar-refractivity contribution in [3.63, 3.8) is 0 Å². The number of carbonyl (C=O) groups is 4. The third-order valence-corrected chi connectivity index (χ3v) is 8.06. The van der Waals surface area contributed by atoms with Gasteiger partial charge in [-0.25, -0.2) is 18.7 Å². The number of likely N-dealkylation sites (tertiary alicyclic amines) is 1. The normalized spacial score (nSPS) is 15.9. The number of carbonyl (C=O) groups excluding carboxylic acids is 3. The van der Waals surface area contributed by atoms with Gasteiger partial charge in [-0.15, -0.1) is 0 Å². The Morgan fingerprint density at radius 1 is 1.22 bits per heavy atom. The van der Waals surface area contributed by atoms with Crippen LogP contribution in [0.25, 0.3) is 0 Å². The first-order valence-corrected chi connectivity index (χ1v) is 13.3. The first kappa shape index (κ1) is 28.2. The number of hydrogen-bond donors (Lipinski definition) is 2. The van der Waals surface area contributed by atoms with Crippen LogP contribution in [0.5, 0.6) is 0 Å². The second kappa shape index (κ2) is 12.8. The number of ketones is 1. The van der Waals surface area contributed by atoms with Crippen molar-refractivity contribution in [1.82, 2.24) is 14.8 Å². The molecular weight excluding hydrogens is 496 g/mol. The first-order chi connectivity index (χ1) is 17.6. The molecule has 2 N–H and O–H groups in total. The van der Waals surface area contributed by atoms with Crippen molar-refractivity contribution < 1.29 is 33.6 Å². The van der Waals surface area contributed by atoms with E-state index in [0.717, 1.165) is 22.1 Å². The third kappa shape index (κ3) is 7.12. The lowest BCUT2D eigenvalue weighted by atomic mass is 10.1. The number of aliphatic carboxylic acids is 1. The molecule has 2 amide bonds. The van der Waals surface area contributed by atoms with Crippen LogP contribution in [0.3, 0.4) is 0 Å². The van der Waals surface area contributed by atoms with E-state index in [2.05, 4.69) is 5.32 Å². The standard InChI is InChI=1S/C26H34N4O6S/c1-17-18(2)29(4)25(28(17)3)37-16-20(31)12-13-21(24(33)34)27-23(32)22-11-8-14-30(22)26(35)36-15-19-9-6-5-7-10-19/h5-7,9-10,21-22H,8,11-16H2,1-4H3,(H-,27,32,33,34)/p+1. The third-order valence-electron chi connectivity index (χ3n) is 6.79. The number of aromatic nitrogens is 2. The fourth-order valence-corrected chi connectivity index (χ4v) is 5.39. The minimum Gasteiger partial charge on any atom is -0.480 e. The topological polar surface area (TPSA) is 122 Å². The Kier molecular flexibility index (Phi) is 9.73. The average Bonchev–Trinajstić information content (AvgIpc) is 3.45. The van der Waals surface area contributed by atoms with Crippen molar-refractivity contribution in [3.05, 3.63) is 47.3 Å². The second-order valence-electron chi connectivity index (χ2n) is 9.23. The summed E-state index contributed by atoms with van der Waals surface area (Å²) in [5.74, 6) is -1.67. The molecule has 2 heterocycles. The van der Waals surface area contributed by atoms with Crippen LogP contribution < -0.4 is 9.88 Å². The molecule has 11 heteroatoms. The van der Waals surface area contributed by atoms with Crippen LogP contribution in [0.2, 0.25) is 0 Å². The summed E-state index contributed by atoms with van der Waals surface area (Å²) in [5, 5.41) is 13.1. The van der Waals surface area contributed by atoms with E-state index in [9.17, 15) is 24.3 Å². The molecule has 1 aliphatic heterocycles. The first-order valence-electron chi connectivity index (χ1n) is 12.3. The van der Waals surface area contributed by atoms with Gasteiger partial charge in [-0.3, -0.25) is 14.5 Å². The number of nitrogens with one attached hydrogen (secondary N) is 1. The Morgan fingerprint density at radius 2 is 1.92 bits per heavy atom. The summed E-state index contributed by atoms with van der Waals surface area (Å²) in [6, 6.07) is 7.19. The highest BCUT2D eigenvalue weighted by Gasteiger charge is 2.37. The molecule has 1 fully saturated rings. The van der Waals surface area contributed by atoms with Crippen LogP contribution >= 0.6 is 11.8 Å². The van der Waals surface area contributed by atoms with Gasteiger partial charge in [0.05, 0.1) is 19.8 Å². The summed E-state index contributed by atoms with van der Waals surface area (Å²) < 4.78 is 9.39. The molecule has 0 spiro atoms. The van der Waals surface area contributed by atoms with Crippen molar-refractivity contribution >= 4 is 35.5 Å². The van der Waals surface area contributed by atoms with Gasteiger partial charge >= 0.3 is 17.2 Å². The van der Waals surface area contributed by atoms with Crippen molar-refractivity contribution in [1.29, 1.82) is 0 Å². The van der Waals surface area contributed by atoms with Gasteiger partial charge in [-0.2, -0.15) is 0 Å². The molecule has 0 bridgehead atoms. The number of thioether (sulfide) groups is 1. The van der Waals surface area contributed by atoms with Gasteiger partial charge in [0.15, 0.2) is 0 Å². The lowest BCUT2D eigenvalue weighted by Crippen LogP contribution is -2.51. The molecule has 2 aromatic rings. The molecule has 1 aromatic carbocycles. The van der Waals surface area contributed by atoms with Gasteiger partial charge in [0.25, 0.3) is 0 Å². The second-order valence-corrected chi connectivity index (χ2v) is 10.2. The summed E-state index contributed by atoms with van der Waals surface area (Å²) in [5.41, 5.74) is 3.04. The molecule has 3 rings (SSSR count). The Balaban J connectivity index is 1.50. The number of hydrogen-bond acceptors (Lipinski definition) is 6. The summed E-state index contributed by atoms with van der Waals surface area (Å²) in [4.78, 5) is 51.1. The van der Waals surface area contributed by atoms with E-state index in [1.165, 1.54) is 16.7 Å². The van der Waals surface area contributed by atoms with E-state index in [1.54, 1.807) is 0 Å². The number of nitrogens with zero attached hydrogens (tertiary/aromatic N) is 3. The van der Waals surface area contributed by atoms with Crippen LogP contribution in [0.4, 0.5) is 4.79 Å². The Labute approximate surface area is 221 Å². The van der Waals surface area contributed by atoms with Gasteiger partial charge in [-0.1, -0.05) is 30.3 Å². The number of carboxylic acids is 1. The summed E-state index contributed by atoms with van der Waals surface area (Å²) in [7, 11) is 3.88. The average molecular weight is 532 g/mol. The zero-order valence-electron chi connectivity index (χ0n) is 21.7. The molecule has 2 atom stereocenters. The molecule has 10 nitrogen and oxygen atoms in total. The van der Waals surface area contributed by atoms with Crippen LogP contribution in [0.1, 0.15) is 42.6 Å². The summed E-state index contributed by atoms with van der Waals surface area (Å²) in [6.07, 6.45) is 0.412. The molecule has 1 saturated heterocycles. The monoisotopic (exact) mass is 531 g/mol. The molecule has 0 aliphatic carbocycles. The maximum absolute atomic E-state index is 12.9. The van der Waals surface area contributed by atoms with Gasteiger partial charge in [-0.05, 0) is 36.6 Å². The van der Waals surface area contributed by atoms with Crippen molar-refractivity contribution in [2.45, 2.75) is 63.4 Å². The zero-order chi connectivity index (χ0) is 27.1. The van der Waals surface area contributed by atoms with Crippen LogP contribution in [-0.2, 0) is 39.8 Å². The SMILES string of the molecule is Cc1c(C)[n+](C)c(SCC(=O)CCC(NC(=O)C2CCCN2C(=O)OCc2ccccc2)C(=O)O)n1C. The van der Waals surface area contributed by atoms with E-state index in [0.29, 0.717) is 19.4 Å². The number of Topliss-reactive ketones (excluding diaryl/α,β-unsaturated/α-hetero) is 1. The van der Waals surface area contributed by atoms with E-state index >= 15 is 0 Å². The minimum atomic E-state index is -1.22. The van der Waals surface area contributed by atoms with Gasteiger partial charge in [0.2, 0.25) is 5.91 Å². The fourth-order valence-electron chi connectivity index (χ4n) is 4.30. The van der Waals surface area contributed by atoms with E-state index in [4.69, 9.17) is 4.74 Å². The Morgan fingerprint density at radius 3 is 2.54 bits per heavy atom. The number of amides is 2. The molecular formula is C26H35N4O6S+. The van der Waals surface area contributed by atoms with Gasteiger partial charge < -0.3 is 15.2 Å². The summed E-state index contributed by atoms with van der Waals surface area (Å²) >= 11 is 1.40. The Bertz CT molecular complexity index is 1120. The van der Waals surface area contributed by atoms with Gasteiger partial charge in [0, 0.05) is 26.8 Å². The van der Waals surface area contributed by atoms with E-state index in [-0.39, 0.29) is 31.0 Å². The van der Waals surface area contributed by atoms with Crippen molar-refractivity contribution in [2.24, 2.45) is 14.1 Å². The van der Waals surface area contributed by atoms with E-state index in [1.807, 2.05) is 67.4 Å². The molecule has 1 aliphatic rings. The highest BCUT2D eigenvalue weighted by atomic mass is 32.2. The molecule has 0 radical (unpaired) electrons. The fraction of sp³-hybridized carbons (Fsp3) is 0.500. The summed E-state index contributed by atoms with van der Waals surface area (Å²) in [6.45, 7) is 4.46. The highest BCUT2D eigenvalue weighted by molar-refractivity contribution is 7.99. The number of imidazole rings is 1. The maximum atomic E-state index is 12.9. The quantitative estimate of drug-likeness (QED) is 0.337. The predicted molar refractivity (Wildman–Crippen MR) is 137 cm³/mol. The largest absolute Gasteiger partial charge is 0.480 e. The van der Waals surface area contributed by atoms with Crippen molar-refractivity contribution in [2.75, 3.05) is 12.3 Å². The molecule has 37 heavy (non-hydrogen) atoms.